The zero-order valence-corrected chi connectivity index (χ0v) is 45.5. The van der Waals surface area contributed by atoms with Gasteiger partial charge in [-0.05, 0) is 119 Å². The zero-order valence-electron chi connectivity index (χ0n) is 41.0. The van der Waals surface area contributed by atoms with E-state index >= 15 is 0 Å². The molecule has 0 saturated heterocycles. The first-order valence-electron chi connectivity index (χ1n) is 21.8. The van der Waals surface area contributed by atoms with Crippen LogP contribution in [0.2, 0.25) is 0 Å². The van der Waals surface area contributed by atoms with Gasteiger partial charge in [0.15, 0.2) is 0 Å². The molecule has 32 nitrogen and oxygen atoms in total. The minimum absolute atomic E-state index is 0. The summed E-state index contributed by atoms with van der Waals surface area (Å²) in [7, 11) is -21.4. The molecule has 0 aromatic heterocycles. The van der Waals surface area contributed by atoms with Crippen LogP contribution in [0.15, 0.2) is 170 Å². The summed E-state index contributed by atoms with van der Waals surface area (Å²) >= 11 is 0. The Balaban J connectivity index is 0.000000263. The van der Waals surface area contributed by atoms with Gasteiger partial charge in [0.2, 0.25) is 0 Å². The van der Waals surface area contributed by atoms with Crippen LogP contribution in [0.4, 0.5) is 56.9 Å². The quantitative estimate of drug-likeness (QED) is 0.0474. The van der Waals surface area contributed by atoms with Gasteiger partial charge in [-0.25, -0.2) is 33.7 Å². The topological polar surface area (TPSA) is 547 Å². The van der Waals surface area contributed by atoms with Crippen molar-refractivity contribution in [2.24, 2.45) is 40.9 Å². The summed E-state index contributed by atoms with van der Waals surface area (Å²) in [5, 5.41) is 122. The Bertz CT molecular complexity index is 4350. The van der Waals surface area contributed by atoms with Crippen molar-refractivity contribution in [2.75, 3.05) is 0 Å². The average Bonchev–Trinajstić information content (AvgIpc) is 3.39. The third-order valence-corrected chi connectivity index (χ3v) is 14.2. The van der Waals surface area contributed by atoms with Crippen molar-refractivity contribution in [3.05, 3.63) is 141 Å². The average molecular weight is 1250 g/mol. The SMILES string of the molecule is Cc1ccc(O)c(N=Nc2ccc3cc(S(=O)(=O)[O-])c(N=Nc4cc(S(=O)(=O)[O-])cc([N+](=O)[O-])c4[O-])c([O-])c3c2)c1.Cc1ccc(O)c(N=Nc2ccc3cc(S(=O)(=O)[O-])c(N=Nc4cc(S(=O)(=O)[O-])cc([N+](=O)[O-])c4[O-])c([O-])c3c2)c1.[Cr+3]. The number of hydrogen-bond donors (Lipinski definition) is 2. The fourth-order valence-electron chi connectivity index (χ4n) is 7.04. The Kier molecular flexibility index (Phi) is 18.0. The summed E-state index contributed by atoms with van der Waals surface area (Å²) in [4.78, 5) is 15.0. The number of fused-ring (bicyclic) bond motifs is 2. The maximum Gasteiger partial charge on any atom is 3.00 e. The number of aryl methyl sites for hydroxylation is 2. The summed E-state index contributed by atoms with van der Waals surface area (Å²) in [5.41, 5.74) is -5.24. The van der Waals surface area contributed by atoms with E-state index in [2.05, 4.69) is 40.9 Å². The molecule has 0 amide bonds. The van der Waals surface area contributed by atoms with E-state index in [9.17, 15) is 103 Å². The van der Waals surface area contributed by atoms with Gasteiger partial charge in [0.25, 0.3) is 11.4 Å². The molecule has 8 rings (SSSR count). The second kappa shape index (κ2) is 23.9. The molecule has 0 saturated carbocycles. The van der Waals surface area contributed by atoms with Gasteiger partial charge in [0.1, 0.15) is 63.3 Å². The Hall–Kier alpha value is -9.55. The fraction of sp³-hybridized carbons (Fsp3) is 0.0435. The Morgan fingerprint density at radius 1 is 0.398 bits per heavy atom. The van der Waals surface area contributed by atoms with Gasteiger partial charge < -0.3 is 48.9 Å². The molecule has 0 bridgehead atoms. The van der Waals surface area contributed by atoms with Crippen molar-refractivity contribution in [3.63, 3.8) is 0 Å². The van der Waals surface area contributed by atoms with E-state index in [1.54, 1.807) is 26.0 Å². The first kappa shape index (κ1) is 62.6. The van der Waals surface area contributed by atoms with Gasteiger partial charge in [0.05, 0.1) is 63.6 Å². The van der Waals surface area contributed by atoms with E-state index in [4.69, 9.17) is 0 Å². The minimum Gasteiger partial charge on any atom is -0.871 e. The van der Waals surface area contributed by atoms with E-state index in [1.165, 1.54) is 48.5 Å². The second-order valence-electron chi connectivity index (χ2n) is 16.6. The van der Waals surface area contributed by atoms with Crippen LogP contribution in [0.3, 0.4) is 0 Å². The van der Waals surface area contributed by atoms with Crippen LogP contribution in [-0.2, 0) is 57.8 Å². The van der Waals surface area contributed by atoms with Crippen molar-refractivity contribution in [3.8, 4) is 34.5 Å². The van der Waals surface area contributed by atoms with Crippen molar-refractivity contribution in [1.82, 2.24) is 0 Å². The summed E-state index contributed by atoms with van der Waals surface area (Å²) in [6, 6.07) is 19.3. The van der Waals surface area contributed by atoms with Crippen LogP contribution in [0.25, 0.3) is 21.5 Å². The van der Waals surface area contributed by atoms with Gasteiger partial charge in [-0.2, -0.15) is 20.5 Å². The van der Waals surface area contributed by atoms with Crippen molar-refractivity contribution >= 4 is 119 Å². The van der Waals surface area contributed by atoms with Gasteiger partial charge in [0, 0.05) is 23.6 Å². The maximum atomic E-state index is 13.2. The standard InChI is InChI=1S/2C23H17N5O11S2.Cr/c2*1-11-2-5-19(29)16(6-11)25-24-13-4-3-12-7-20(41(37,38)39)21(22(30)15(12)8-13)27-26-17-9-14(40(34,35)36)10-18(23(17)31)28(32)33;/h2*2-10,29-31H,1H3,(H,34,35,36)(H,37,38,39);/q;;+3/p-8. The summed E-state index contributed by atoms with van der Waals surface area (Å²) in [5.74, 6) is -5.74. The van der Waals surface area contributed by atoms with Crippen LogP contribution in [0.1, 0.15) is 11.1 Å². The third-order valence-electron chi connectivity index (χ3n) is 10.9. The summed E-state index contributed by atoms with van der Waals surface area (Å²) in [6.45, 7) is 3.50. The largest absolute Gasteiger partial charge is 3.00 e. The first-order valence-corrected chi connectivity index (χ1v) is 27.4. The monoisotopic (exact) mass is 1250 g/mol. The van der Waals surface area contributed by atoms with Crippen LogP contribution in [-0.4, -0.2) is 71.9 Å². The zero-order chi connectivity index (χ0) is 60.6. The van der Waals surface area contributed by atoms with Crippen molar-refractivity contribution in [1.29, 1.82) is 0 Å². The van der Waals surface area contributed by atoms with Gasteiger partial charge in [-0.1, -0.05) is 35.8 Å². The number of nitro benzene ring substituents is 2. The summed E-state index contributed by atoms with van der Waals surface area (Å²) in [6.07, 6.45) is 0. The van der Waals surface area contributed by atoms with Crippen molar-refractivity contribution < 1.29 is 110 Å². The van der Waals surface area contributed by atoms with E-state index in [1.807, 2.05) is 0 Å². The van der Waals surface area contributed by atoms with Gasteiger partial charge in [-0.3, -0.25) is 20.2 Å². The molecule has 0 aliphatic carbocycles. The predicted molar refractivity (Wildman–Crippen MR) is 266 cm³/mol. The number of rotatable bonds is 14. The van der Waals surface area contributed by atoms with Crippen molar-refractivity contribution in [2.45, 2.75) is 33.4 Å². The van der Waals surface area contributed by atoms with Crippen LogP contribution in [0.5, 0.6) is 34.5 Å². The Morgan fingerprint density at radius 2 is 0.735 bits per heavy atom. The van der Waals surface area contributed by atoms with Crippen LogP contribution >= 0.6 is 0 Å². The number of nitrogens with zero attached hydrogens (tertiary/aromatic N) is 10. The molecule has 0 atom stereocenters. The fourth-order valence-corrected chi connectivity index (χ4v) is 9.35. The first-order chi connectivity index (χ1) is 38.1. The second-order valence-corrected chi connectivity index (χ2v) is 22.1. The molecule has 0 heterocycles. The predicted octanol–water partition coefficient (Wildman–Crippen LogP) is 7.09. The molecule has 37 heteroatoms. The van der Waals surface area contributed by atoms with Crippen LogP contribution < -0.4 is 20.4 Å². The molecule has 83 heavy (non-hydrogen) atoms. The molecular weight excluding hydrogens is 1220 g/mol. The number of aromatic hydroxyl groups is 2. The van der Waals surface area contributed by atoms with E-state index < -0.39 is 127 Å². The van der Waals surface area contributed by atoms with Gasteiger partial charge >= 0.3 is 17.4 Å². The number of nitro groups is 2. The smallest absolute Gasteiger partial charge is 0.871 e. The molecule has 427 valence electrons. The molecule has 0 fully saturated rings. The number of hydrogen-bond acceptors (Lipinski definition) is 30. The Morgan fingerprint density at radius 3 is 1.05 bits per heavy atom. The molecule has 8 aromatic carbocycles. The third kappa shape index (κ3) is 14.3. The number of phenolic OH excluding ortho intramolecular Hbond substituents is 2. The molecule has 0 aliphatic heterocycles. The van der Waals surface area contributed by atoms with Gasteiger partial charge in [-0.15, -0.1) is 20.5 Å². The number of phenols is 2. The van der Waals surface area contributed by atoms with E-state index in [0.29, 0.717) is 12.1 Å². The molecule has 2 N–H and O–H groups in total. The summed E-state index contributed by atoms with van der Waals surface area (Å²) < 4.78 is 140. The van der Waals surface area contributed by atoms with Crippen LogP contribution in [0, 0.1) is 34.1 Å². The molecular formula is C46H26CrN10O22S4-5. The maximum absolute atomic E-state index is 13.2. The number of azo groups is 4. The molecule has 1 radical (unpaired) electrons. The Labute approximate surface area is 475 Å². The van der Waals surface area contributed by atoms with E-state index in [0.717, 1.165) is 35.4 Å². The molecule has 0 aliphatic rings. The minimum atomic E-state index is -5.39. The normalized spacial score (nSPS) is 12.3. The molecule has 8 aromatic rings. The van der Waals surface area contributed by atoms with E-state index in [-0.39, 0.29) is 85.3 Å². The molecule has 0 spiro atoms. The number of benzene rings is 8. The molecule has 0 unspecified atom stereocenters.